The van der Waals surface area contributed by atoms with Crippen LogP contribution in [0.25, 0.3) is 5.69 Å². The van der Waals surface area contributed by atoms with Gasteiger partial charge in [-0.05, 0) is 36.4 Å². The lowest BCUT2D eigenvalue weighted by Crippen LogP contribution is -2.15. The lowest BCUT2D eigenvalue weighted by molar-refractivity contribution is -0.137. The van der Waals surface area contributed by atoms with Gasteiger partial charge in [0.25, 0.3) is 5.91 Å². The number of benzene rings is 1. The summed E-state index contributed by atoms with van der Waals surface area (Å²) < 4.78 is 40.3. The Kier molecular flexibility index (Phi) is 4.45. The number of anilines is 1. The number of rotatable bonds is 3. The van der Waals surface area contributed by atoms with Crippen molar-refractivity contribution in [1.82, 2.24) is 14.8 Å². The van der Waals surface area contributed by atoms with Gasteiger partial charge in [-0.25, -0.2) is 9.67 Å². The van der Waals surface area contributed by atoms with E-state index in [1.54, 1.807) is 12.3 Å². The fraction of sp³-hybridized carbons (Fsp3) is 0.0625. The Labute approximate surface area is 145 Å². The maximum absolute atomic E-state index is 13.0. The molecule has 5 nitrogen and oxygen atoms in total. The number of nitrogens with zero attached hydrogens (tertiary/aromatic N) is 3. The maximum Gasteiger partial charge on any atom is 0.416 e. The number of carbonyl (C=O) groups excluding carboxylic acids is 1. The summed E-state index contributed by atoms with van der Waals surface area (Å²) in [6.07, 6.45) is -0.173. The van der Waals surface area contributed by atoms with E-state index in [2.05, 4.69) is 15.4 Å². The van der Waals surface area contributed by atoms with E-state index in [9.17, 15) is 18.0 Å². The molecule has 0 saturated carbocycles. The Morgan fingerprint density at radius 3 is 2.60 bits per heavy atom. The number of halogens is 4. The van der Waals surface area contributed by atoms with Gasteiger partial charge in [0.1, 0.15) is 5.15 Å². The van der Waals surface area contributed by atoms with E-state index in [0.29, 0.717) is 5.69 Å². The van der Waals surface area contributed by atoms with Crippen LogP contribution in [-0.4, -0.2) is 20.7 Å². The molecule has 0 aliphatic carbocycles. The standard InChI is InChI=1S/C16H10ClF3N4O/c17-14-8-10(4-6-21-14)15(25)23-12-9-11(16(18,19)20)2-3-13(12)24-7-1-5-22-24/h1-9H,(H,23,25). The van der Waals surface area contributed by atoms with Gasteiger partial charge in [0.05, 0.1) is 16.9 Å². The van der Waals surface area contributed by atoms with Crippen molar-refractivity contribution < 1.29 is 18.0 Å². The minimum Gasteiger partial charge on any atom is -0.320 e. The summed E-state index contributed by atoms with van der Waals surface area (Å²) in [6, 6.07) is 7.37. The van der Waals surface area contributed by atoms with Crippen molar-refractivity contribution in [3.63, 3.8) is 0 Å². The average molecular weight is 367 g/mol. The highest BCUT2D eigenvalue weighted by Gasteiger charge is 2.31. The molecule has 0 atom stereocenters. The molecule has 128 valence electrons. The fourth-order valence-electron chi connectivity index (χ4n) is 2.16. The van der Waals surface area contributed by atoms with Gasteiger partial charge in [-0.2, -0.15) is 18.3 Å². The molecule has 0 bridgehead atoms. The Balaban J connectivity index is 2.01. The van der Waals surface area contributed by atoms with Gasteiger partial charge in [0.2, 0.25) is 0 Å². The minimum absolute atomic E-state index is 0.0311. The van der Waals surface area contributed by atoms with Crippen molar-refractivity contribution in [3.05, 3.63) is 71.3 Å². The van der Waals surface area contributed by atoms with Crippen LogP contribution >= 0.6 is 11.6 Å². The molecule has 1 N–H and O–H groups in total. The van der Waals surface area contributed by atoms with Gasteiger partial charge in [-0.15, -0.1) is 0 Å². The zero-order chi connectivity index (χ0) is 18.0. The van der Waals surface area contributed by atoms with Crippen molar-refractivity contribution in [1.29, 1.82) is 0 Å². The third-order valence-corrected chi connectivity index (χ3v) is 3.52. The first kappa shape index (κ1) is 17.0. The van der Waals surface area contributed by atoms with E-state index >= 15 is 0 Å². The molecule has 0 fully saturated rings. The first-order valence-electron chi connectivity index (χ1n) is 6.99. The molecule has 0 radical (unpaired) electrons. The van der Waals surface area contributed by atoms with Gasteiger partial charge in [0.15, 0.2) is 0 Å². The van der Waals surface area contributed by atoms with Gasteiger partial charge in [0, 0.05) is 24.2 Å². The second-order valence-electron chi connectivity index (χ2n) is 5.00. The predicted molar refractivity (Wildman–Crippen MR) is 85.8 cm³/mol. The second kappa shape index (κ2) is 6.56. The van der Waals surface area contributed by atoms with E-state index < -0.39 is 17.6 Å². The number of carbonyl (C=O) groups is 1. The van der Waals surface area contributed by atoms with Crippen LogP contribution in [0.3, 0.4) is 0 Å². The lowest BCUT2D eigenvalue weighted by Gasteiger charge is -2.14. The molecular weight excluding hydrogens is 357 g/mol. The zero-order valence-electron chi connectivity index (χ0n) is 12.5. The SMILES string of the molecule is O=C(Nc1cc(C(F)(F)F)ccc1-n1cccn1)c1ccnc(Cl)c1. The molecular formula is C16H10ClF3N4O. The van der Waals surface area contributed by atoms with Gasteiger partial charge in [-0.1, -0.05) is 11.6 Å². The van der Waals surface area contributed by atoms with Crippen molar-refractivity contribution in [2.75, 3.05) is 5.32 Å². The van der Waals surface area contributed by atoms with E-state index in [0.717, 1.165) is 12.1 Å². The van der Waals surface area contributed by atoms with Crippen LogP contribution in [0.15, 0.2) is 55.0 Å². The molecule has 2 heterocycles. The first-order chi connectivity index (χ1) is 11.8. The molecule has 0 unspecified atom stereocenters. The number of amides is 1. The normalized spacial score (nSPS) is 11.4. The van der Waals surface area contributed by atoms with Crippen LogP contribution in [0.5, 0.6) is 0 Å². The summed E-state index contributed by atoms with van der Waals surface area (Å²) in [4.78, 5) is 16.1. The largest absolute Gasteiger partial charge is 0.416 e. The monoisotopic (exact) mass is 366 g/mol. The molecule has 2 aromatic heterocycles. The Morgan fingerprint density at radius 1 is 1.16 bits per heavy atom. The number of nitrogens with one attached hydrogen (secondary N) is 1. The summed E-state index contributed by atoms with van der Waals surface area (Å²) in [5.74, 6) is -0.614. The van der Waals surface area contributed by atoms with Crippen molar-refractivity contribution in [2.24, 2.45) is 0 Å². The van der Waals surface area contributed by atoms with E-state index in [-0.39, 0.29) is 16.4 Å². The first-order valence-corrected chi connectivity index (χ1v) is 7.36. The quantitative estimate of drug-likeness (QED) is 0.707. The molecule has 3 aromatic rings. The molecule has 25 heavy (non-hydrogen) atoms. The molecule has 0 aliphatic heterocycles. The number of hydrogen-bond donors (Lipinski definition) is 1. The van der Waals surface area contributed by atoms with Crippen LogP contribution in [0, 0.1) is 0 Å². The maximum atomic E-state index is 13.0. The molecule has 0 aliphatic rings. The molecule has 0 spiro atoms. The van der Waals surface area contributed by atoms with Crippen LogP contribution < -0.4 is 5.32 Å². The van der Waals surface area contributed by atoms with Crippen LogP contribution in [0.4, 0.5) is 18.9 Å². The number of pyridine rings is 1. The van der Waals surface area contributed by atoms with Crippen LogP contribution in [-0.2, 0) is 6.18 Å². The highest BCUT2D eigenvalue weighted by Crippen LogP contribution is 2.33. The Hall–Kier alpha value is -2.87. The summed E-state index contributed by atoms with van der Waals surface area (Å²) >= 11 is 5.74. The van der Waals surface area contributed by atoms with E-state index in [4.69, 9.17) is 11.6 Å². The van der Waals surface area contributed by atoms with Crippen molar-refractivity contribution >= 4 is 23.2 Å². The molecule has 3 rings (SSSR count). The molecule has 1 amide bonds. The second-order valence-corrected chi connectivity index (χ2v) is 5.39. The molecule has 1 aromatic carbocycles. The molecule has 0 saturated heterocycles. The number of hydrogen-bond acceptors (Lipinski definition) is 3. The Bertz CT molecular complexity index is 910. The Morgan fingerprint density at radius 2 is 1.96 bits per heavy atom. The zero-order valence-corrected chi connectivity index (χ0v) is 13.2. The molecule has 9 heteroatoms. The van der Waals surface area contributed by atoms with Crippen molar-refractivity contribution in [2.45, 2.75) is 6.18 Å². The van der Waals surface area contributed by atoms with Crippen LogP contribution in [0.2, 0.25) is 5.15 Å². The average Bonchev–Trinajstić information content (AvgIpc) is 3.08. The van der Waals surface area contributed by atoms with Gasteiger partial charge < -0.3 is 5.32 Å². The summed E-state index contributed by atoms with van der Waals surface area (Å²) in [6.45, 7) is 0. The topological polar surface area (TPSA) is 59.8 Å². The van der Waals surface area contributed by atoms with E-state index in [1.165, 1.54) is 35.3 Å². The van der Waals surface area contributed by atoms with Gasteiger partial charge >= 0.3 is 6.18 Å². The van der Waals surface area contributed by atoms with E-state index in [1.807, 2.05) is 0 Å². The minimum atomic E-state index is -4.54. The predicted octanol–water partition coefficient (Wildman–Crippen LogP) is 4.19. The highest BCUT2D eigenvalue weighted by molar-refractivity contribution is 6.29. The lowest BCUT2D eigenvalue weighted by atomic mass is 10.1. The highest BCUT2D eigenvalue weighted by atomic mass is 35.5. The van der Waals surface area contributed by atoms with Crippen molar-refractivity contribution in [3.8, 4) is 5.69 Å². The third-order valence-electron chi connectivity index (χ3n) is 3.31. The smallest absolute Gasteiger partial charge is 0.320 e. The van der Waals surface area contributed by atoms with Gasteiger partial charge in [-0.3, -0.25) is 4.79 Å². The summed E-state index contributed by atoms with van der Waals surface area (Å²) in [5, 5.41) is 6.56. The van der Waals surface area contributed by atoms with Crippen LogP contribution in [0.1, 0.15) is 15.9 Å². The summed E-state index contributed by atoms with van der Waals surface area (Å²) in [5.41, 5.74) is -0.446. The third kappa shape index (κ3) is 3.80. The number of alkyl halides is 3. The summed E-state index contributed by atoms with van der Waals surface area (Å²) in [7, 11) is 0. The fourth-order valence-corrected chi connectivity index (χ4v) is 2.34. The number of aromatic nitrogens is 3.